The molecule has 1 aromatic heterocycles. The Morgan fingerprint density at radius 3 is 2.70 bits per heavy atom. The van der Waals surface area contributed by atoms with Crippen LogP contribution in [0.5, 0.6) is 0 Å². The van der Waals surface area contributed by atoms with Crippen LogP contribution in [-0.4, -0.2) is 23.1 Å². The van der Waals surface area contributed by atoms with Crippen LogP contribution in [0.2, 0.25) is 0 Å². The van der Waals surface area contributed by atoms with Crippen molar-refractivity contribution in [2.45, 2.75) is 57.0 Å². The molecular formula is C16H25N3O. The molecule has 0 saturated heterocycles. The van der Waals surface area contributed by atoms with E-state index in [-0.39, 0.29) is 11.9 Å². The topological polar surface area (TPSA) is 60.0 Å². The molecule has 0 spiro atoms. The number of carbonyl (C=O) groups is 1. The number of hydrogen-bond acceptors (Lipinski definition) is 2. The van der Waals surface area contributed by atoms with E-state index in [1.54, 1.807) is 0 Å². The molecule has 2 aliphatic rings. The van der Waals surface area contributed by atoms with Gasteiger partial charge < -0.3 is 15.6 Å². The third-order valence-electron chi connectivity index (χ3n) is 4.74. The summed E-state index contributed by atoms with van der Waals surface area (Å²) in [4.78, 5) is 12.5. The van der Waals surface area contributed by atoms with Crippen LogP contribution in [0.4, 0.5) is 0 Å². The normalized spacial score (nSPS) is 21.6. The van der Waals surface area contributed by atoms with Gasteiger partial charge in [0.2, 0.25) is 0 Å². The van der Waals surface area contributed by atoms with E-state index < -0.39 is 0 Å². The summed E-state index contributed by atoms with van der Waals surface area (Å²) in [6.45, 7) is 0.542. The van der Waals surface area contributed by atoms with Crippen molar-refractivity contribution < 1.29 is 4.79 Å². The second-order valence-corrected chi connectivity index (χ2v) is 6.25. The fraction of sp³-hybridized carbons (Fsp3) is 0.688. The molecule has 2 fully saturated rings. The highest BCUT2D eigenvalue weighted by atomic mass is 16.2. The Kier molecular flexibility index (Phi) is 4.10. The zero-order valence-corrected chi connectivity index (χ0v) is 12.1. The first-order valence-corrected chi connectivity index (χ1v) is 7.97. The van der Waals surface area contributed by atoms with Crippen LogP contribution in [0.25, 0.3) is 0 Å². The van der Waals surface area contributed by atoms with Gasteiger partial charge in [-0.25, -0.2) is 0 Å². The maximum atomic E-state index is 12.5. The maximum Gasteiger partial charge on any atom is 0.268 e. The van der Waals surface area contributed by atoms with E-state index >= 15 is 0 Å². The second-order valence-electron chi connectivity index (χ2n) is 6.25. The van der Waals surface area contributed by atoms with E-state index in [4.69, 9.17) is 5.73 Å². The summed E-state index contributed by atoms with van der Waals surface area (Å²) in [5, 5.41) is 3.18. The van der Waals surface area contributed by atoms with Crippen LogP contribution in [0.3, 0.4) is 0 Å². The third-order valence-corrected chi connectivity index (χ3v) is 4.74. The minimum atomic E-state index is 0.0444. The van der Waals surface area contributed by atoms with Crippen molar-refractivity contribution in [3.8, 4) is 0 Å². The lowest BCUT2D eigenvalue weighted by atomic mass is 9.84. The molecule has 3 N–H and O–H groups in total. The lowest BCUT2D eigenvalue weighted by Crippen LogP contribution is -2.46. The number of hydrogen-bond donors (Lipinski definition) is 2. The van der Waals surface area contributed by atoms with Crippen LogP contribution in [0.1, 0.15) is 61.5 Å². The van der Waals surface area contributed by atoms with Crippen LogP contribution < -0.4 is 11.1 Å². The molecule has 0 aromatic carbocycles. The molecule has 0 radical (unpaired) electrons. The lowest BCUT2D eigenvalue weighted by Gasteiger charge is -2.30. The van der Waals surface area contributed by atoms with Gasteiger partial charge in [0.25, 0.3) is 5.91 Å². The van der Waals surface area contributed by atoms with E-state index in [0.29, 0.717) is 18.5 Å². The van der Waals surface area contributed by atoms with Gasteiger partial charge in [0.15, 0.2) is 0 Å². The number of nitrogens with zero attached hydrogens (tertiary/aromatic N) is 1. The fourth-order valence-electron chi connectivity index (χ4n) is 3.41. The molecule has 1 aromatic rings. The van der Waals surface area contributed by atoms with Gasteiger partial charge in [-0.2, -0.15) is 0 Å². The number of rotatable bonds is 5. The Morgan fingerprint density at radius 2 is 2.05 bits per heavy atom. The zero-order valence-electron chi connectivity index (χ0n) is 12.1. The molecule has 0 bridgehead atoms. The van der Waals surface area contributed by atoms with Gasteiger partial charge in [-0.1, -0.05) is 19.3 Å². The van der Waals surface area contributed by atoms with Crippen molar-refractivity contribution in [3.63, 3.8) is 0 Å². The predicted molar refractivity (Wildman–Crippen MR) is 79.6 cm³/mol. The standard InChI is InChI=1S/C16H25N3O/c17-11-14(12-5-2-1-3-6-12)18-16(20)15-7-4-10-19(15)13-8-9-13/h4,7,10,12-14H,1-3,5-6,8-9,11,17H2,(H,18,20). The highest BCUT2D eigenvalue weighted by molar-refractivity contribution is 5.93. The smallest absolute Gasteiger partial charge is 0.268 e. The van der Waals surface area contributed by atoms with E-state index in [9.17, 15) is 4.79 Å². The second kappa shape index (κ2) is 6.00. The minimum absolute atomic E-state index is 0.0444. The SMILES string of the molecule is NCC(NC(=O)c1cccn1C1CC1)C1CCCCC1. The van der Waals surface area contributed by atoms with Crippen LogP contribution in [-0.2, 0) is 0 Å². The zero-order chi connectivity index (χ0) is 13.9. The quantitative estimate of drug-likeness (QED) is 0.867. The first-order chi connectivity index (χ1) is 9.79. The van der Waals surface area contributed by atoms with Crippen molar-refractivity contribution in [3.05, 3.63) is 24.0 Å². The van der Waals surface area contributed by atoms with Crippen molar-refractivity contribution in [1.82, 2.24) is 9.88 Å². The van der Waals surface area contributed by atoms with E-state index in [1.807, 2.05) is 18.3 Å². The summed E-state index contributed by atoms with van der Waals surface area (Å²) in [5.41, 5.74) is 6.69. The fourth-order valence-corrected chi connectivity index (χ4v) is 3.41. The maximum absolute atomic E-state index is 12.5. The third kappa shape index (κ3) is 2.90. The Bertz CT molecular complexity index is 458. The molecule has 2 saturated carbocycles. The molecule has 1 atom stereocenters. The van der Waals surface area contributed by atoms with Gasteiger partial charge in [-0.3, -0.25) is 4.79 Å². The van der Waals surface area contributed by atoms with Gasteiger partial charge in [0.05, 0.1) is 0 Å². The van der Waals surface area contributed by atoms with Crippen molar-refractivity contribution in [1.29, 1.82) is 0 Å². The Labute approximate surface area is 120 Å². The monoisotopic (exact) mass is 275 g/mol. The minimum Gasteiger partial charge on any atom is -0.346 e. The van der Waals surface area contributed by atoms with E-state index in [1.165, 1.54) is 44.9 Å². The van der Waals surface area contributed by atoms with Crippen LogP contribution in [0, 0.1) is 5.92 Å². The Morgan fingerprint density at radius 1 is 1.30 bits per heavy atom. The Hall–Kier alpha value is -1.29. The molecule has 1 unspecified atom stereocenters. The molecule has 1 heterocycles. The van der Waals surface area contributed by atoms with Gasteiger partial charge in [-0.05, 0) is 43.7 Å². The summed E-state index contributed by atoms with van der Waals surface area (Å²) in [6, 6.07) is 4.55. The first-order valence-electron chi connectivity index (χ1n) is 7.97. The largest absolute Gasteiger partial charge is 0.346 e. The molecule has 3 rings (SSSR count). The molecule has 1 amide bonds. The highest BCUT2D eigenvalue weighted by Gasteiger charge is 2.29. The van der Waals surface area contributed by atoms with Crippen molar-refractivity contribution in [2.24, 2.45) is 11.7 Å². The highest BCUT2D eigenvalue weighted by Crippen LogP contribution is 2.36. The van der Waals surface area contributed by atoms with Crippen molar-refractivity contribution >= 4 is 5.91 Å². The van der Waals surface area contributed by atoms with Gasteiger partial charge in [0.1, 0.15) is 5.69 Å². The molecule has 4 heteroatoms. The molecule has 20 heavy (non-hydrogen) atoms. The Balaban J connectivity index is 1.65. The van der Waals surface area contributed by atoms with Gasteiger partial charge in [-0.15, -0.1) is 0 Å². The molecule has 2 aliphatic carbocycles. The van der Waals surface area contributed by atoms with Gasteiger partial charge >= 0.3 is 0 Å². The average Bonchev–Trinajstić information content (AvgIpc) is 3.22. The number of aromatic nitrogens is 1. The number of amides is 1. The van der Waals surface area contributed by atoms with Crippen molar-refractivity contribution in [2.75, 3.05) is 6.54 Å². The van der Waals surface area contributed by atoms with E-state index in [2.05, 4.69) is 9.88 Å². The number of nitrogens with two attached hydrogens (primary N) is 1. The molecule has 0 aliphatic heterocycles. The average molecular weight is 275 g/mol. The lowest BCUT2D eigenvalue weighted by molar-refractivity contribution is 0.0906. The van der Waals surface area contributed by atoms with Crippen LogP contribution >= 0.6 is 0 Å². The summed E-state index contributed by atoms with van der Waals surface area (Å²) in [5.74, 6) is 0.602. The van der Waals surface area contributed by atoms with E-state index in [0.717, 1.165) is 5.69 Å². The van der Waals surface area contributed by atoms with Crippen LogP contribution in [0.15, 0.2) is 18.3 Å². The van der Waals surface area contributed by atoms with Gasteiger partial charge in [0, 0.05) is 24.8 Å². The summed E-state index contributed by atoms with van der Waals surface area (Å²) in [6.07, 6.45) is 10.7. The summed E-state index contributed by atoms with van der Waals surface area (Å²) in [7, 11) is 0. The molecule has 4 nitrogen and oxygen atoms in total. The first kappa shape index (κ1) is 13.7. The predicted octanol–water partition coefficient (Wildman–Crippen LogP) is 2.46. The summed E-state index contributed by atoms with van der Waals surface area (Å²) >= 11 is 0. The summed E-state index contributed by atoms with van der Waals surface area (Å²) < 4.78 is 2.11. The molecular weight excluding hydrogens is 250 g/mol. The number of nitrogens with one attached hydrogen (secondary N) is 1. The number of carbonyl (C=O) groups excluding carboxylic acids is 1. The molecule has 110 valence electrons.